The van der Waals surface area contributed by atoms with Crippen molar-refractivity contribution >= 4 is 47.2 Å². The minimum atomic E-state index is -2.07. The molecule has 0 rings (SSSR count). The normalized spacial score (nSPS) is 13.3. The van der Waals surface area contributed by atoms with Crippen LogP contribution in [0.4, 0.5) is 0 Å². The summed E-state index contributed by atoms with van der Waals surface area (Å²) in [5.41, 5.74) is 16.4. The summed E-state index contributed by atoms with van der Waals surface area (Å²) >= 11 is 0. The number of ketones is 2. The molecule has 0 spiro atoms. The third-order valence-electron chi connectivity index (χ3n) is 6.06. The zero-order valence-electron chi connectivity index (χ0n) is 25.9. The van der Waals surface area contributed by atoms with Gasteiger partial charge in [-0.2, -0.15) is 0 Å². The quantitative estimate of drug-likeness (QED) is 0.0138. The molecule has 0 aromatic heterocycles. The van der Waals surface area contributed by atoms with Crippen molar-refractivity contribution in [2.45, 2.75) is 76.8 Å². The van der Waals surface area contributed by atoms with Gasteiger partial charge < -0.3 is 52.6 Å². The van der Waals surface area contributed by atoms with Gasteiger partial charge in [-0.1, -0.05) is 13.2 Å². The van der Waals surface area contributed by atoms with Crippen LogP contribution in [0, 0.1) is 5.92 Å². The molecule has 0 unspecified atom stereocenters. The van der Waals surface area contributed by atoms with Crippen molar-refractivity contribution < 1.29 is 58.4 Å². The number of aliphatic hydroxyl groups is 2. The maximum absolute atomic E-state index is 13.0. The molecule has 0 heterocycles. The van der Waals surface area contributed by atoms with Gasteiger partial charge in [0.2, 0.25) is 11.8 Å². The Balaban J connectivity index is 5.46. The van der Waals surface area contributed by atoms with Gasteiger partial charge in [0.05, 0.1) is 18.0 Å². The molecular formula is C28H44N6O12. The lowest BCUT2D eigenvalue weighted by molar-refractivity contribution is -0.151. The SMILES string of the molecule is C=C(C)C(=O)OC[C@H](CC(=O)[C@H](CC(O)O)NC(=O)CCC(=O)[C@H](CCCN=C(N)N)NC(=O)[C@@H](N)COC(=O)C(=C)C)C(=O)O. The Morgan fingerprint density at radius 1 is 0.848 bits per heavy atom. The molecule has 0 aliphatic rings. The summed E-state index contributed by atoms with van der Waals surface area (Å²) in [6.45, 7) is 8.44. The fourth-order valence-corrected chi connectivity index (χ4v) is 3.52. The first-order chi connectivity index (χ1) is 21.3. The second kappa shape index (κ2) is 21.1. The molecule has 18 nitrogen and oxygen atoms in total. The van der Waals surface area contributed by atoms with E-state index in [1.807, 2.05) is 0 Å². The molecule has 0 aliphatic carbocycles. The largest absolute Gasteiger partial charge is 0.481 e. The van der Waals surface area contributed by atoms with Gasteiger partial charge in [0.1, 0.15) is 19.3 Å². The van der Waals surface area contributed by atoms with Gasteiger partial charge >= 0.3 is 17.9 Å². The smallest absolute Gasteiger partial charge is 0.333 e. The predicted molar refractivity (Wildman–Crippen MR) is 161 cm³/mol. The number of hydrogen-bond donors (Lipinski definition) is 8. The van der Waals surface area contributed by atoms with Gasteiger partial charge in [-0.05, 0) is 26.7 Å². The van der Waals surface area contributed by atoms with E-state index in [0.29, 0.717) is 0 Å². The molecular weight excluding hydrogens is 612 g/mol. The third kappa shape index (κ3) is 17.6. The van der Waals surface area contributed by atoms with E-state index in [1.54, 1.807) is 0 Å². The van der Waals surface area contributed by atoms with Crippen LogP contribution in [0.15, 0.2) is 29.3 Å². The van der Waals surface area contributed by atoms with Crippen LogP contribution in [0.5, 0.6) is 0 Å². The topological polar surface area (TPSA) is 313 Å². The van der Waals surface area contributed by atoms with Crippen molar-refractivity contribution in [3.05, 3.63) is 24.3 Å². The molecule has 0 fully saturated rings. The summed E-state index contributed by atoms with van der Waals surface area (Å²) in [6, 6.07) is -4.06. The number of carboxylic acids is 1. The zero-order valence-corrected chi connectivity index (χ0v) is 25.9. The van der Waals surface area contributed by atoms with Crippen LogP contribution in [0.25, 0.3) is 0 Å². The summed E-state index contributed by atoms with van der Waals surface area (Å²) in [7, 11) is 0. The van der Waals surface area contributed by atoms with Crippen molar-refractivity contribution in [1.82, 2.24) is 10.6 Å². The highest BCUT2D eigenvalue weighted by molar-refractivity contribution is 5.95. The number of guanidine groups is 1. The highest BCUT2D eigenvalue weighted by Crippen LogP contribution is 2.12. The number of amides is 2. The number of rotatable bonds is 23. The molecule has 258 valence electrons. The highest BCUT2D eigenvalue weighted by Gasteiger charge is 2.30. The standard InChI is InChI=1S/C28H44N6O12/c1-14(2)26(43)45-12-16(25(41)42)10-21(36)19(11-23(38)39)33-22(37)8-7-20(35)18(6-5-9-32-28(30)31)34-24(40)17(29)13-46-27(44)15(3)4/h16-19,23,38-39H,1,3,5-13,29H2,2,4H3,(H,33,37)(H,34,40)(H,41,42)(H4,30,31,32)/t16-,17-,18-,19-/m0/s1. The number of nitrogens with zero attached hydrogens (tertiary/aromatic N) is 1. The van der Waals surface area contributed by atoms with Gasteiger partial charge in [0.25, 0.3) is 0 Å². The monoisotopic (exact) mass is 656 g/mol. The number of ether oxygens (including phenoxy) is 2. The van der Waals surface area contributed by atoms with Gasteiger partial charge in [0, 0.05) is 43.4 Å². The van der Waals surface area contributed by atoms with Crippen molar-refractivity contribution in [1.29, 1.82) is 0 Å². The molecule has 0 aromatic rings. The van der Waals surface area contributed by atoms with Crippen molar-refractivity contribution in [3.63, 3.8) is 0 Å². The summed E-state index contributed by atoms with van der Waals surface area (Å²) in [5.74, 6) is -8.05. The lowest BCUT2D eigenvalue weighted by Gasteiger charge is -2.22. The number of nitrogens with two attached hydrogens (primary N) is 3. The Morgan fingerprint density at radius 2 is 1.41 bits per heavy atom. The molecule has 0 radical (unpaired) electrons. The number of carboxylic acid groups (broad SMARTS) is 1. The number of hydrogen-bond acceptors (Lipinski definition) is 13. The molecule has 0 saturated heterocycles. The third-order valence-corrected chi connectivity index (χ3v) is 6.06. The average molecular weight is 657 g/mol. The van der Waals surface area contributed by atoms with E-state index in [2.05, 4.69) is 28.8 Å². The molecule has 0 aromatic carbocycles. The summed E-state index contributed by atoms with van der Waals surface area (Å²) in [4.78, 5) is 89.7. The molecule has 18 heteroatoms. The van der Waals surface area contributed by atoms with Crippen LogP contribution >= 0.6 is 0 Å². The van der Waals surface area contributed by atoms with Crippen LogP contribution in [0.2, 0.25) is 0 Å². The number of aliphatic hydroxyl groups excluding tert-OH is 1. The summed E-state index contributed by atoms with van der Waals surface area (Å²) < 4.78 is 9.66. The van der Waals surface area contributed by atoms with E-state index < -0.39 is 111 Å². The van der Waals surface area contributed by atoms with E-state index in [0.717, 1.165) is 0 Å². The van der Waals surface area contributed by atoms with Crippen LogP contribution in [0.3, 0.4) is 0 Å². The maximum atomic E-state index is 13.0. The van der Waals surface area contributed by atoms with Crippen LogP contribution in [-0.2, 0) is 43.0 Å². The summed E-state index contributed by atoms with van der Waals surface area (Å²) in [5, 5.41) is 32.9. The summed E-state index contributed by atoms with van der Waals surface area (Å²) in [6.07, 6.45) is -4.19. The zero-order chi connectivity index (χ0) is 35.6. The van der Waals surface area contributed by atoms with Gasteiger partial charge in [-0.15, -0.1) is 0 Å². The van der Waals surface area contributed by atoms with Crippen LogP contribution < -0.4 is 27.8 Å². The Kier molecular flexibility index (Phi) is 19.0. The molecule has 0 aliphatic heterocycles. The van der Waals surface area contributed by atoms with Gasteiger partial charge in [0.15, 0.2) is 23.8 Å². The van der Waals surface area contributed by atoms with Crippen molar-refractivity contribution in [3.8, 4) is 0 Å². The molecule has 4 atom stereocenters. The first kappa shape index (κ1) is 41.3. The van der Waals surface area contributed by atoms with Gasteiger partial charge in [-0.25, -0.2) is 9.59 Å². The minimum absolute atomic E-state index is 0.000983. The van der Waals surface area contributed by atoms with E-state index in [1.165, 1.54) is 13.8 Å². The number of carbonyl (C=O) groups is 7. The van der Waals surface area contributed by atoms with E-state index >= 15 is 0 Å². The molecule has 2 amide bonds. The number of esters is 2. The number of carbonyl (C=O) groups excluding carboxylic acids is 6. The molecule has 46 heavy (non-hydrogen) atoms. The van der Waals surface area contributed by atoms with Gasteiger partial charge in [-0.3, -0.25) is 29.0 Å². The molecule has 0 bridgehead atoms. The second-order valence-electron chi connectivity index (χ2n) is 10.4. The molecule has 0 saturated carbocycles. The first-order valence-electron chi connectivity index (χ1n) is 14.1. The Morgan fingerprint density at radius 3 is 1.91 bits per heavy atom. The lowest BCUT2D eigenvalue weighted by Crippen LogP contribution is -2.50. The van der Waals surface area contributed by atoms with E-state index in [-0.39, 0.29) is 36.5 Å². The Labute approximate surface area is 265 Å². The minimum Gasteiger partial charge on any atom is -0.481 e. The lowest BCUT2D eigenvalue weighted by atomic mass is 9.96. The fourth-order valence-electron chi connectivity index (χ4n) is 3.52. The maximum Gasteiger partial charge on any atom is 0.333 e. The first-order valence-corrected chi connectivity index (χ1v) is 14.1. The predicted octanol–water partition coefficient (Wildman–Crippen LogP) is -2.71. The van der Waals surface area contributed by atoms with Crippen molar-refractivity contribution in [2.24, 2.45) is 28.1 Å². The number of Topliss-reactive ketones (excluding diaryl/α,β-unsaturated/α-hetero) is 2. The Hall–Kier alpha value is -4.68. The van der Waals surface area contributed by atoms with Crippen LogP contribution in [0.1, 0.15) is 52.4 Å². The average Bonchev–Trinajstić information content (AvgIpc) is 2.96. The molecule has 11 N–H and O–H groups in total. The number of aliphatic carboxylic acids is 1. The van der Waals surface area contributed by atoms with Crippen LogP contribution in [-0.4, -0.2) is 107 Å². The fraction of sp³-hybridized carbons (Fsp3) is 0.571. The number of nitrogens with one attached hydrogen (secondary N) is 2. The Bertz CT molecular complexity index is 1180. The highest BCUT2D eigenvalue weighted by atomic mass is 16.5. The van der Waals surface area contributed by atoms with E-state index in [4.69, 9.17) is 26.7 Å². The van der Waals surface area contributed by atoms with E-state index in [9.17, 15) is 48.9 Å². The number of aliphatic imine (C=N–C) groups is 1. The van der Waals surface area contributed by atoms with Crippen molar-refractivity contribution in [2.75, 3.05) is 19.8 Å². The second-order valence-corrected chi connectivity index (χ2v) is 10.4.